The Morgan fingerprint density at radius 2 is 2.09 bits per heavy atom. The molecule has 0 bridgehead atoms. The summed E-state index contributed by atoms with van der Waals surface area (Å²) in [5.74, 6) is 0.469. The first kappa shape index (κ1) is 15.7. The smallest absolute Gasteiger partial charge is 0.341 e. The van der Waals surface area contributed by atoms with Gasteiger partial charge in [-0.05, 0) is 18.6 Å². The molecular weight excluding hydrogens is 290 g/mol. The molecule has 0 radical (unpaired) electrons. The molecule has 0 amide bonds. The molecule has 1 fully saturated rings. The number of carbonyl (C=O) groups is 1. The van der Waals surface area contributed by atoms with E-state index in [0.717, 1.165) is 55.7 Å². The maximum atomic E-state index is 12.5. The molecule has 5 nitrogen and oxygen atoms in total. The zero-order chi connectivity index (χ0) is 16.1. The van der Waals surface area contributed by atoms with Crippen LogP contribution in [-0.2, 0) is 4.74 Å². The normalized spacial score (nSPS) is 14.9. The Balaban J connectivity index is 1.96. The number of nitrogens with zero attached hydrogens (tertiary/aromatic N) is 2. The van der Waals surface area contributed by atoms with E-state index in [1.54, 1.807) is 0 Å². The summed E-state index contributed by atoms with van der Waals surface area (Å²) in [5.41, 5.74) is 1.48. The first-order valence-electron chi connectivity index (χ1n) is 8.32. The van der Waals surface area contributed by atoms with E-state index in [0.29, 0.717) is 12.2 Å². The molecule has 1 saturated heterocycles. The number of fused-ring (bicyclic) bond motifs is 1. The minimum absolute atomic E-state index is 0.273. The second kappa shape index (κ2) is 7.42. The number of hydrogen-bond donors (Lipinski definition) is 1. The summed E-state index contributed by atoms with van der Waals surface area (Å²) in [5, 5.41) is 4.29. The number of rotatable bonds is 5. The van der Waals surface area contributed by atoms with Crippen molar-refractivity contribution in [2.45, 2.75) is 19.8 Å². The van der Waals surface area contributed by atoms with Crippen LogP contribution in [0.4, 0.5) is 5.82 Å². The molecule has 0 aliphatic carbocycles. The van der Waals surface area contributed by atoms with Crippen molar-refractivity contribution in [3.63, 3.8) is 0 Å². The van der Waals surface area contributed by atoms with Crippen LogP contribution in [0.3, 0.4) is 0 Å². The molecule has 1 aliphatic heterocycles. The molecule has 3 rings (SSSR count). The first-order valence-corrected chi connectivity index (χ1v) is 8.32. The third-order valence-electron chi connectivity index (χ3n) is 4.07. The minimum atomic E-state index is -0.273. The lowest BCUT2D eigenvalue weighted by Crippen LogP contribution is -2.44. The Bertz CT molecular complexity index is 681. The second-order valence-corrected chi connectivity index (χ2v) is 5.78. The van der Waals surface area contributed by atoms with Crippen LogP contribution in [0.2, 0.25) is 0 Å². The number of unbranched alkanes of at least 4 members (excludes halogenated alkanes) is 1. The SMILES string of the molecule is CCCCOC(=O)c1cc2ccccc2nc1N1CCNCC1. The van der Waals surface area contributed by atoms with Crippen LogP contribution in [0.5, 0.6) is 0 Å². The van der Waals surface area contributed by atoms with E-state index < -0.39 is 0 Å². The fraction of sp³-hybridized carbons (Fsp3) is 0.444. The zero-order valence-electron chi connectivity index (χ0n) is 13.5. The average molecular weight is 313 g/mol. The Labute approximate surface area is 136 Å². The Morgan fingerprint density at radius 1 is 1.30 bits per heavy atom. The van der Waals surface area contributed by atoms with Crippen LogP contribution >= 0.6 is 0 Å². The summed E-state index contributed by atoms with van der Waals surface area (Å²) >= 11 is 0. The van der Waals surface area contributed by atoms with Gasteiger partial charge in [-0.2, -0.15) is 0 Å². The molecule has 0 saturated carbocycles. The van der Waals surface area contributed by atoms with Crippen molar-refractivity contribution in [1.29, 1.82) is 0 Å². The van der Waals surface area contributed by atoms with E-state index in [-0.39, 0.29) is 5.97 Å². The number of hydrogen-bond acceptors (Lipinski definition) is 5. The number of aromatic nitrogens is 1. The summed E-state index contributed by atoms with van der Waals surface area (Å²) in [6, 6.07) is 9.80. The van der Waals surface area contributed by atoms with E-state index in [2.05, 4.69) is 17.1 Å². The number of carbonyl (C=O) groups excluding carboxylic acids is 1. The topological polar surface area (TPSA) is 54.5 Å². The summed E-state index contributed by atoms with van der Waals surface area (Å²) in [6.45, 7) is 6.04. The molecule has 122 valence electrons. The van der Waals surface area contributed by atoms with Crippen molar-refractivity contribution in [3.05, 3.63) is 35.9 Å². The van der Waals surface area contributed by atoms with Gasteiger partial charge in [-0.15, -0.1) is 0 Å². The van der Waals surface area contributed by atoms with Gasteiger partial charge in [0.1, 0.15) is 11.4 Å². The van der Waals surface area contributed by atoms with Crippen molar-refractivity contribution >= 4 is 22.7 Å². The number of ether oxygens (including phenoxy) is 1. The highest BCUT2D eigenvalue weighted by Gasteiger charge is 2.21. The number of pyridine rings is 1. The molecule has 0 atom stereocenters. The van der Waals surface area contributed by atoms with E-state index in [1.807, 2.05) is 30.3 Å². The lowest BCUT2D eigenvalue weighted by molar-refractivity contribution is 0.0500. The molecule has 5 heteroatoms. The van der Waals surface area contributed by atoms with E-state index in [9.17, 15) is 4.79 Å². The van der Waals surface area contributed by atoms with E-state index in [1.165, 1.54) is 0 Å². The van der Waals surface area contributed by atoms with Crippen LogP contribution in [0.1, 0.15) is 30.1 Å². The van der Waals surface area contributed by atoms with E-state index >= 15 is 0 Å². The number of piperazine rings is 1. The van der Waals surface area contributed by atoms with Crippen LogP contribution in [-0.4, -0.2) is 43.7 Å². The van der Waals surface area contributed by atoms with Crippen LogP contribution < -0.4 is 10.2 Å². The monoisotopic (exact) mass is 313 g/mol. The highest BCUT2D eigenvalue weighted by molar-refractivity contribution is 5.99. The maximum Gasteiger partial charge on any atom is 0.341 e. The predicted molar refractivity (Wildman–Crippen MR) is 92.0 cm³/mol. The van der Waals surface area contributed by atoms with Gasteiger partial charge in [0.15, 0.2) is 0 Å². The number of para-hydroxylation sites is 1. The third-order valence-corrected chi connectivity index (χ3v) is 4.07. The quantitative estimate of drug-likeness (QED) is 0.679. The highest BCUT2D eigenvalue weighted by atomic mass is 16.5. The second-order valence-electron chi connectivity index (χ2n) is 5.78. The number of benzene rings is 1. The number of nitrogens with one attached hydrogen (secondary N) is 1. The van der Waals surface area contributed by atoms with Crippen molar-refractivity contribution in [3.8, 4) is 0 Å². The van der Waals surface area contributed by atoms with Gasteiger partial charge >= 0.3 is 5.97 Å². The maximum absolute atomic E-state index is 12.5. The lowest BCUT2D eigenvalue weighted by Gasteiger charge is -2.29. The molecule has 1 aliphatic rings. The molecule has 1 N–H and O–H groups in total. The molecule has 2 aromatic rings. The molecule has 0 spiro atoms. The van der Waals surface area contributed by atoms with Crippen LogP contribution in [0.15, 0.2) is 30.3 Å². The minimum Gasteiger partial charge on any atom is -0.462 e. The van der Waals surface area contributed by atoms with E-state index in [4.69, 9.17) is 9.72 Å². The van der Waals surface area contributed by atoms with Crippen molar-refractivity contribution < 1.29 is 9.53 Å². The van der Waals surface area contributed by atoms with Gasteiger partial charge in [-0.1, -0.05) is 31.5 Å². The van der Waals surface area contributed by atoms with Gasteiger partial charge in [0.2, 0.25) is 0 Å². The van der Waals surface area contributed by atoms with Gasteiger partial charge < -0.3 is 15.0 Å². The fourth-order valence-corrected chi connectivity index (χ4v) is 2.76. The Hall–Kier alpha value is -2.14. The molecule has 23 heavy (non-hydrogen) atoms. The third kappa shape index (κ3) is 3.62. The molecule has 1 aromatic carbocycles. The van der Waals surface area contributed by atoms with Crippen molar-refractivity contribution in [1.82, 2.24) is 10.3 Å². The summed E-state index contributed by atoms with van der Waals surface area (Å²) in [6.07, 6.45) is 1.89. The van der Waals surface area contributed by atoms with Crippen molar-refractivity contribution in [2.75, 3.05) is 37.7 Å². The summed E-state index contributed by atoms with van der Waals surface area (Å²) in [7, 11) is 0. The summed E-state index contributed by atoms with van der Waals surface area (Å²) in [4.78, 5) is 19.4. The van der Waals surface area contributed by atoms with Crippen LogP contribution in [0.25, 0.3) is 10.9 Å². The van der Waals surface area contributed by atoms with Gasteiger partial charge in [0.25, 0.3) is 0 Å². The van der Waals surface area contributed by atoms with Gasteiger partial charge in [-0.25, -0.2) is 9.78 Å². The predicted octanol–water partition coefficient (Wildman–Crippen LogP) is 2.60. The first-order chi connectivity index (χ1) is 11.3. The van der Waals surface area contributed by atoms with Crippen LogP contribution in [0, 0.1) is 0 Å². The zero-order valence-corrected chi connectivity index (χ0v) is 13.5. The summed E-state index contributed by atoms with van der Waals surface area (Å²) < 4.78 is 5.43. The molecule has 2 heterocycles. The Morgan fingerprint density at radius 3 is 2.87 bits per heavy atom. The van der Waals surface area contributed by atoms with Gasteiger partial charge in [0.05, 0.1) is 12.1 Å². The fourth-order valence-electron chi connectivity index (χ4n) is 2.76. The molecule has 0 unspecified atom stereocenters. The average Bonchev–Trinajstić information content (AvgIpc) is 2.61. The number of esters is 1. The highest BCUT2D eigenvalue weighted by Crippen LogP contribution is 2.25. The molecular formula is C18H23N3O2. The Kier molecular flexibility index (Phi) is 5.08. The standard InChI is InChI=1S/C18H23N3O2/c1-2-3-12-23-18(22)15-13-14-6-4-5-7-16(14)20-17(15)21-10-8-19-9-11-21/h4-7,13,19H,2-3,8-12H2,1H3. The largest absolute Gasteiger partial charge is 0.462 e. The van der Waals surface area contributed by atoms with Crippen molar-refractivity contribution in [2.24, 2.45) is 0 Å². The van der Waals surface area contributed by atoms with Gasteiger partial charge in [0, 0.05) is 31.6 Å². The number of anilines is 1. The van der Waals surface area contributed by atoms with Gasteiger partial charge in [-0.3, -0.25) is 0 Å². The molecule has 1 aromatic heterocycles. The lowest BCUT2D eigenvalue weighted by atomic mass is 10.1.